The number of aryl methyl sites for hydroxylation is 1. The first kappa shape index (κ1) is 17.3. The topological polar surface area (TPSA) is 38.0 Å². The van der Waals surface area contributed by atoms with E-state index in [0.717, 1.165) is 25.3 Å². The average molecular weight is 348 g/mol. The SMILES string of the molecule is CCCCCn1nc(-c2ccc(O)cc2)c2cccc(C(F)(F)F)c21. The van der Waals surface area contributed by atoms with Crippen LogP contribution in [0.2, 0.25) is 0 Å². The Kier molecular flexibility index (Phi) is 4.70. The summed E-state index contributed by atoms with van der Waals surface area (Å²) in [6.07, 6.45) is -1.75. The van der Waals surface area contributed by atoms with Crippen LogP contribution in [0.5, 0.6) is 5.75 Å². The summed E-state index contributed by atoms with van der Waals surface area (Å²) >= 11 is 0. The zero-order chi connectivity index (χ0) is 18.0. The molecular formula is C19H19F3N2O. The Hall–Kier alpha value is -2.50. The van der Waals surface area contributed by atoms with Gasteiger partial charge in [-0.2, -0.15) is 18.3 Å². The number of halogens is 3. The van der Waals surface area contributed by atoms with Crippen molar-refractivity contribution < 1.29 is 18.3 Å². The van der Waals surface area contributed by atoms with Gasteiger partial charge in [0.05, 0.1) is 11.1 Å². The second kappa shape index (κ2) is 6.78. The number of hydrogen-bond donors (Lipinski definition) is 1. The first-order valence-electron chi connectivity index (χ1n) is 8.28. The molecule has 0 spiro atoms. The number of phenols is 1. The van der Waals surface area contributed by atoms with Crippen LogP contribution in [0.3, 0.4) is 0 Å². The number of para-hydroxylation sites is 1. The lowest BCUT2D eigenvalue weighted by Crippen LogP contribution is -2.09. The maximum Gasteiger partial charge on any atom is 0.418 e. The van der Waals surface area contributed by atoms with Crippen LogP contribution in [0.15, 0.2) is 42.5 Å². The van der Waals surface area contributed by atoms with E-state index in [0.29, 0.717) is 23.2 Å². The number of aromatic hydroxyl groups is 1. The van der Waals surface area contributed by atoms with Gasteiger partial charge in [0.25, 0.3) is 0 Å². The van der Waals surface area contributed by atoms with Crippen molar-refractivity contribution in [1.82, 2.24) is 9.78 Å². The lowest BCUT2D eigenvalue weighted by atomic mass is 10.0. The minimum Gasteiger partial charge on any atom is -0.508 e. The fourth-order valence-corrected chi connectivity index (χ4v) is 2.97. The fraction of sp³-hybridized carbons (Fsp3) is 0.316. The van der Waals surface area contributed by atoms with Crippen molar-refractivity contribution in [2.24, 2.45) is 0 Å². The highest BCUT2D eigenvalue weighted by Gasteiger charge is 2.34. The van der Waals surface area contributed by atoms with Crippen molar-refractivity contribution in [3.05, 3.63) is 48.0 Å². The number of alkyl halides is 3. The van der Waals surface area contributed by atoms with E-state index < -0.39 is 11.7 Å². The van der Waals surface area contributed by atoms with Crippen LogP contribution in [0.25, 0.3) is 22.2 Å². The minimum absolute atomic E-state index is 0.103. The van der Waals surface area contributed by atoms with E-state index in [-0.39, 0.29) is 11.3 Å². The third-order valence-electron chi connectivity index (χ3n) is 4.19. The third kappa shape index (κ3) is 3.48. The molecule has 0 atom stereocenters. The van der Waals surface area contributed by atoms with E-state index in [1.165, 1.54) is 22.9 Å². The van der Waals surface area contributed by atoms with Gasteiger partial charge in [-0.15, -0.1) is 0 Å². The molecule has 2 aromatic carbocycles. The van der Waals surface area contributed by atoms with Gasteiger partial charge >= 0.3 is 6.18 Å². The van der Waals surface area contributed by atoms with Gasteiger partial charge in [0.2, 0.25) is 0 Å². The number of unbranched alkanes of at least 4 members (excludes halogenated alkanes) is 2. The van der Waals surface area contributed by atoms with E-state index >= 15 is 0 Å². The molecule has 132 valence electrons. The molecule has 0 unspecified atom stereocenters. The molecule has 1 aromatic heterocycles. The molecule has 0 aliphatic heterocycles. The average Bonchev–Trinajstić information content (AvgIpc) is 2.94. The second-order valence-corrected chi connectivity index (χ2v) is 6.03. The first-order chi connectivity index (χ1) is 11.9. The second-order valence-electron chi connectivity index (χ2n) is 6.03. The molecule has 0 aliphatic carbocycles. The Balaban J connectivity index is 2.20. The predicted molar refractivity (Wildman–Crippen MR) is 91.4 cm³/mol. The summed E-state index contributed by atoms with van der Waals surface area (Å²) in [6, 6.07) is 10.5. The summed E-state index contributed by atoms with van der Waals surface area (Å²) in [5, 5.41) is 14.4. The van der Waals surface area contributed by atoms with Crippen molar-refractivity contribution >= 4 is 10.9 Å². The van der Waals surface area contributed by atoms with Gasteiger partial charge in [-0.25, -0.2) is 0 Å². The standard InChI is InChI=1S/C19H19F3N2O/c1-2-3-4-12-24-18-15(6-5-7-16(18)19(20,21)22)17(23-24)13-8-10-14(25)11-9-13/h5-11,25H,2-4,12H2,1H3. The van der Waals surface area contributed by atoms with Crippen LogP contribution in [0.4, 0.5) is 13.2 Å². The molecule has 0 aliphatic rings. The van der Waals surface area contributed by atoms with Crippen molar-refractivity contribution in [3.63, 3.8) is 0 Å². The number of hydrogen-bond acceptors (Lipinski definition) is 2. The predicted octanol–water partition coefficient (Wildman–Crippen LogP) is 5.62. The highest BCUT2D eigenvalue weighted by atomic mass is 19.4. The zero-order valence-corrected chi connectivity index (χ0v) is 13.8. The van der Waals surface area contributed by atoms with Crippen LogP contribution in [0, 0.1) is 0 Å². The molecule has 3 rings (SSSR count). The molecule has 0 radical (unpaired) electrons. The highest BCUT2D eigenvalue weighted by molar-refractivity contribution is 5.95. The van der Waals surface area contributed by atoms with Crippen LogP contribution >= 0.6 is 0 Å². The molecule has 25 heavy (non-hydrogen) atoms. The Labute approximate surface area is 143 Å². The Morgan fingerprint density at radius 1 is 1.04 bits per heavy atom. The first-order valence-corrected chi connectivity index (χ1v) is 8.28. The van der Waals surface area contributed by atoms with Gasteiger partial charge in [-0.1, -0.05) is 31.9 Å². The van der Waals surface area contributed by atoms with Crippen LogP contribution in [-0.4, -0.2) is 14.9 Å². The molecule has 1 N–H and O–H groups in total. The molecule has 6 heteroatoms. The summed E-state index contributed by atoms with van der Waals surface area (Å²) in [6.45, 7) is 2.49. The van der Waals surface area contributed by atoms with Crippen LogP contribution < -0.4 is 0 Å². The summed E-state index contributed by atoms with van der Waals surface area (Å²) < 4.78 is 41.9. The fourth-order valence-electron chi connectivity index (χ4n) is 2.97. The quantitative estimate of drug-likeness (QED) is 0.608. The van der Waals surface area contributed by atoms with E-state index in [1.54, 1.807) is 18.2 Å². The normalized spacial score (nSPS) is 12.0. The largest absolute Gasteiger partial charge is 0.508 e. The van der Waals surface area contributed by atoms with Gasteiger partial charge in [-0.3, -0.25) is 4.68 Å². The molecule has 1 heterocycles. The van der Waals surface area contributed by atoms with E-state index in [9.17, 15) is 18.3 Å². The maximum absolute atomic E-state index is 13.5. The summed E-state index contributed by atoms with van der Waals surface area (Å²) in [5.41, 5.74) is 0.627. The Morgan fingerprint density at radius 2 is 1.76 bits per heavy atom. The number of fused-ring (bicyclic) bond motifs is 1. The molecule has 0 bridgehead atoms. The maximum atomic E-state index is 13.5. The monoisotopic (exact) mass is 348 g/mol. The van der Waals surface area contributed by atoms with E-state index in [1.807, 2.05) is 6.92 Å². The van der Waals surface area contributed by atoms with Crippen molar-refractivity contribution in [2.75, 3.05) is 0 Å². The molecular weight excluding hydrogens is 329 g/mol. The van der Waals surface area contributed by atoms with Crippen molar-refractivity contribution in [1.29, 1.82) is 0 Å². The van der Waals surface area contributed by atoms with Crippen LogP contribution in [0.1, 0.15) is 31.7 Å². The third-order valence-corrected chi connectivity index (χ3v) is 4.19. The Bertz CT molecular complexity index is 867. The lowest BCUT2D eigenvalue weighted by Gasteiger charge is -2.10. The molecule has 0 saturated heterocycles. The number of nitrogens with zero attached hydrogens (tertiary/aromatic N) is 2. The summed E-state index contributed by atoms with van der Waals surface area (Å²) in [5.74, 6) is 0.103. The van der Waals surface area contributed by atoms with Gasteiger partial charge in [0.15, 0.2) is 0 Å². The van der Waals surface area contributed by atoms with Crippen molar-refractivity contribution in [3.8, 4) is 17.0 Å². The minimum atomic E-state index is -4.44. The van der Waals surface area contributed by atoms with E-state index in [2.05, 4.69) is 5.10 Å². The number of rotatable bonds is 5. The molecule has 3 aromatic rings. The van der Waals surface area contributed by atoms with Crippen LogP contribution in [-0.2, 0) is 12.7 Å². The summed E-state index contributed by atoms with van der Waals surface area (Å²) in [4.78, 5) is 0. The number of benzene rings is 2. The highest BCUT2D eigenvalue weighted by Crippen LogP contribution is 2.38. The Morgan fingerprint density at radius 3 is 2.40 bits per heavy atom. The number of phenolic OH excluding ortho intramolecular Hbond substituents is 1. The smallest absolute Gasteiger partial charge is 0.418 e. The zero-order valence-electron chi connectivity index (χ0n) is 13.8. The number of aromatic nitrogens is 2. The summed E-state index contributed by atoms with van der Waals surface area (Å²) in [7, 11) is 0. The molecule has 0 fully saturated rings. The van der Waals surface area contributed by atoms with Gasteiger partial charge in [0.1, 0.15) is 11.4 Å². The molecule has 0 saturated carbocycles. The lowest BCUT2D eigenvalue weighted by molar-refractivity contribution is -0.136. The van der Waals surface area contributed by atoms with Crippen molar-refractivity contribution in [2.45, 2.75) is 38.9 Å². The molecule has 3 nitrogen and oxygen atoms in total. The molecule has 0 amide bonds. The van der Waals surface area contributed by atoms with E-state index in [4.69, 9.17) is 0 Å². The van der Waals surface area contributed by atoms with Gasteiger partial charge in [0, 0.05) is 17.5 Å². The van der Waals surface area contributed by atoms with Gasteiger partial charge < -0.3 is 5.11 Å². The van der Waals surface area contributed by atoms with Gasteiger partial charge in [-0.05, 0) is 36.8 Å².